The van der Waals surface area contributed by atoms with E-state index in [2.05, 4.69) is 156 Å². The summed E-state index contributed by atoms with van der Waals surface area (Å²) in [6.45, 7) is 11.4. The molecule has 6 aromatic rings. The molecule has 0 amide bonds. The second kappa shape index (κ2) is 12.1. The molecule has 238 valence electrons. The molecular formula is C48H46. The zero-order valence-corrected chi connectivity index (χ0v) is 29.2. The molecule has 0 saturated carbocycles. The van der Waals surface area contributed by atoms with Gasteiger partial charge < -0.3 is 0 Å². The fraction of sp³-hybridized carbons (Fsp3) is 0.250. The first-order valence-electron chi connectivity index (χ1n) is 18.2. The van der Waals surface area contributed by atoms with E-state index in [0.29, 0.717) is 5.92 Å². The van der Waals surface area contributed by atoms with Gasteiger partial charge in [0.25, 0.3) is 0 Å². The maximum absolute atomic E-state index is 2.55. The van der Waals surface area contributed by atoms with Crippen LogP contribution in [0.4, 0.5) is 0 Å². The van der Waals surface area contributed by atoms with E-state index >= 15 is 0 Å². The maximum Gasteiger partial charge on any atom is 0.0714 e. The van der Waals surface area contributed by atoms with Gasteiger partial charge in [-0.3, -0.25) is 0 Å². The molecule has 0 heterocycles. The normalized spacial score (nSPS) is 15.4. The molecule has 8 rings (SSSR count). The zero-order chi connectivity index (χ0) is 33.0. The van der Waals surface area contributed by atoms with Gasteiger partial charge in [0.1, 0.15) is 0 Å². The highest BCUT2D eigenvalue weighted by molar-refractivity contribution is 5.90. The molecule has 6 aromatic carbocycles. The highest BCUT2D eigenvalue weighted by atomic mass is 14.5. The Morgan fingerprint density at radius 1 is 0.500 bits per heavy atom. The standard InChI is InChI=1S/C48H46/c1-6-32-15-17-34(8-3)44(26-32)36-19-22-42-43-23-20-37(45-27-33(7-2)16-18-35(45)9-4)30-47(43)48(46(42)29-36,39-13-11-10-12-14-39)40-21-24-41-31(5)25-38(41)28-40/h10-24,26-31H,6-9,25H2,1-5H3. The summed E-state index contributed by atoms with van der Waals surface area (Å²) < 4.78 is 0. The Morgan fingerprint density at radius 3 is 1.54 bits per heavy atom. The lowest BCUT2D eigenvalue weighted by Crippen LogP contribution is -2.30. The Balaban J connectivity index is 1.46. The molecule has 0 fully saturated rings. The van der Waals surface area contributed by atoms with Crippen molar-refractivity contribution in [1.82, 2.24) is 0 Å². The van der Waals surface area contributed by atoms with Gasteiger partial charge in [0.05, 0.1) is 5.41 Å². The smallest absolute Gasteiger partial charge is 0.0622 e. The van der Waals surface area contributed by atoms with E-state index in [9.17, 15) is 0 Å². The van der Waals surface area contributed by atoms with E-state index in [1.165, 1.54) is 89.0 Å². The van der Waals surface area contributed by atoms with Gasteiger partial charge in [-0.05, 0) is 139 Å². The summed E-state index contributed by atoms with van der Waals surface area (Å²) in [7, 11) is 0. The second-order valence-electron chi connectivity index (χ2n) is 14.1. The average molecular weight is 623 g/mol. The van der Waals surface area contributed by atoms with Crippen LogP contribution in [-0.4, -0.2) is 0 Å². The molecule has 2 aliphatic rings. The summed E-state index contributed by atoms with van der Waals surface area (Å²) in [5.41, 5.74) is 21.8. The molecule has 0 N–H and O–H groups in total. The van der Waals surface area contributed by atoms with E-state index in [4.69, 9.17) is 0 Å². The highest BCUT2D eigenvalue weighted by Crippen LogP contribution is 2.58. The van der Waals surface area contributed by atoms with Crippen LogP contribution in [0.2, 0.25) is 0 Å². The van der Waals surface area contributed by atoms with Gasteiger partial charge in [0.2, 0.25) is 0 Å². The van der Waals surface area contributed by atoms with Gasteiger partial charge >= 0.3 is 0 Å². The molecule has 0 aliphatic heterocycles. The van der Waals surface area contributed by atoms with Gasteiger partial charge in [-0.2, -0.15) is 0 Å². The van der Waals surface area contributed by atoms with Crippen molar-refractivity contribution in [1.29, 1.82) is 0 Å². The van der Waals surface area contributed by atoms with Crippen molar-refractivity contribution in [3.63, 3.8) is 0 Å². The van der Waals surface area contributed by atoms with Crippen molar-refractivity contribution in [3.8, 4) is 33.4 Å². The molecule has 0 nitrogen and oxygen atoms in total. The van der Waals surface area contributed by atoms with Crippen LogP contribution in [0.3, 0.4) is 0 Å². The Labute approximate surface area is 287 Å². The number of aryl methyl sites for hydroxylation is 4. The van der Waals surface area contributed by atoms with Crippen molar-refractivity contribution in [2.24, 2.45) is 0 Å². The monoisotopic (exact) mass is 622 g/mol. The number of fused-ring (bicyclic) bond motifs is 4. The lowest BCUT2D eigenvalue weighted by molar-refractivity contribution is 0.659. The highest BCUT2D eigenvalue weighted by Gasteiger charge is 2.47. The van der Waals surface area contributed by atoms with Crippen molar-refractivity contribution >= 4 is 0 Å². The lowest BCUT2D eigenvalue weighted by Gasteiger charge is -2.37. The van der Waals surface area contributed by atoms with E-state index in [-0.39, 0.29) is 0 Å². The maximum atomic E-state index is 2.55. The zero-order valence-electron chi connectivity index (χ0n) is 29.2. The Morgan fingerprint density at radius 2 is 1.06 bits per heavy atom. The van der Waals surface area contributed by atoms with Gasteiger partial charge in [-0.15, -0.1) is 0 Å². The number of benzene rings is 6. The van der Waals surface area contributed by atoms with Crippen LogP contribution in [0.5, 0.6) is 0 Å². The van der Waals surface area contributed by atoms with Crippen LogP contribution in [0.25, 0.3) is 33.4 Å². The van der Waals surface area contributed by atoms with E-state index in [1.54, 1.807) is 0 Å². The average Bonchev–Trinajstić information content (AvgIpc) is 3.43. The van der Waals surface area contributed by atoms with E-state index in [0.717, 1.165) is 32.1 Å². The molecule has 0 spiro atoms. The Hall–Kier alpha value is -4.68. The fourth-order valence-electron chi connectivity index (χ4n) is 8.78. The van der Waals surface area contributed by atoms with Crippen molar-refractivity contribution in [2.75, 3.05) is 0 Å². The minimum atomic E-state index is -0.435. The van der Waals surface area contributed by atoms with Crippen molar-refractivity contribution < 1.29 is 0 Å². The lowest BCUT2D eigenvalue weighted by atomic mass is 9.65. The molecule has 0 aromatic heterocycles. The first-order chi connectivity index (χ1) is 23.5. The third-order valence-electron chi connectivity index (χ3n) is 11.5. The van der Waals surface area contributed by atoms with Gasteiger partial charge in [-0.1, -0.05) is 144 Å². The van der Waals surface area contributed by atoms with Crippen LogP contribution >= 0.6 is 0 Å². The fourth-order valence-corrected chi connectivity index (χ4v) is 8.78. The minimum absolute atomic E-state index is 0.435. The summed E-state index contributed by atoms with van der Waals surface area (Å²) in [4.78, 5) is 0. The molecule has 48 heavy (non-hydrogen) atoms. The summed E-state index contributed by atoms with van der Waals surface area (Å²) in [5.74, 6) is 0.639. The largest absolute Gasteiger partial charge is 0.0714 e. The first-order valence-corrected chi connectivity index (χ1v) is 18.2. The Bertz CT molecular complexity index is 2060. The Kier molecular flexibility index (Phi) is 7.72. The number of rotatable bonds is 8. The van der Waals surface area contributed by atoms with Crippen molar-refractivity contribution in [3.05, 3.63) is 177 Å². The molecule has 1 atom stereocenters. The number of hydrogen-bond acceptors (Lipinski definition) is 0. The molecule has 0 radical (unpaired) electrons. The van der Waals surface area contributed by atoms with Gasteiger partial charge in [-0.25, -0.2) is 0 Å². The van der Waals surface area contributed by atoms with Crippen LogP contribution in [0.15, 0.2) is 121 Å². The SMILES string of the molecule is CCc1ccc(CC)c(-c2ccc3c(c2)C(c2ccccc2)(c2ccc4c(c2)CC4C)c2cc(-c4cc(CC)ccc4CC)ccc2-3)c1. The molecule has 0 heteroatoms. The third kappa shape index (κ3) is 4.64. The van der Waals surface area contributed by atoms with Gasteiger partial charge in [0, 0.05) is 0 Å². The minimum Gasteiger partial charge on any atom is -0.0622 e. The molecular weight excluding hydrogens is 577 g/mol. The van der Waals surface area contributed by atoms with Crippen LogP contribution in [0, 0.1) is 0 Å². The predicted molar refractivity (Wildman–Crippen MR) is 204 cm³/mol. The van der Waals surface area contributed by atoms with Crippen LogP contribution < -0.4 is 0 Å². The summed E-state index contributed by atoms with van der Waals surface area (Å²) >= 11 is 0. The summed E-state index contributed by atoms with van der Waals surface area (Å²) in [6, 6.07) is 47.6. The van der Waals surface area contributed by atoms with Gasteiger partial charge in [0.15, 0.2) is 0 Å². The molecule has 0 bridgehead atoms. The predicted octanol–water partition coefficient (Wildman–Crippen LogP) is 12.3. The summed E-state index contributed by atoms with van der Waals surface area (Å²) in [5, 5.41) is 0. The van der Waals surface area contributed by atoms with E-state index < -0.39 is 5.41 Å². The van der Waals surface area contributed by atoms with E-state index in [1.807, 2.05) is 0 Å². The second-order valence-corrected chi connectivity index (χ2v) is 14.1. The molecule has 1 unspecified atom stereocenters. The first kappa shape index (κ1) is 30.6. The molecule has 0 saturated heterocycles. The third-order valence-corrected chi connectivity index (χ3v) is 11.5. The summed E-state index contributed by atoms with van der Waals surface area (Å²) in [6.07, 6.45) is 5.27. The van der Waals surface area contributed by atoms with Crippen LogP contribution in [-0.2, 0) is 37.5 Å². The number of hydrogen-bond donors (Lipinski definition) is 0. The van der Waals surface area contributed by atoms with Crippen LogP contribution in [0.1, 0.15) is 96.2 Å². The van der Waals surface area contributed by atoms with Crippen molar-refractivity contribution in [2.45, 2.75) is 78.1 Å². The molecule has 2 aliphatic carbocycles. The topological polar surface area (TPSA) is 0 Å². The quantitative estimate of drug-likeness (QED) is 0.158.